The first-order valence-corrected chi connectivity index (χ1v) is 10.0. The molecule has 0 saturated heterocycles. The molecule has 1 aliphatic rings. The van der Waals surface area contributed by atoms with Crippen molar-refractivity contribution in [3.05, 3.63) is 99.7 Å². The number of aromatic amines is 1. The van der Waals surface area contributed by atoms with Gasteiger partial charge in [0.25, 0.3) is 5.56 Å². The third-order valence-corrected chi connectivity index (χ3v) is 5.66. The number of nitrogens with one attached hydrogen (secondary N) is 2. The lowest BCUT2D eigenvalue weighted by Gasteiger charge is -2.35. The molecule has 1 aliphatic heterocycles. The van der Waals surface area contributed by atoms with Crippen molar-refractivity contribution >= 4 is 16.5 Å². The Morgan fingerprint density at radius 3 is 2.60 bits per heavy atom. The van der Waals surface area contributed by atoms with Crippen molar-refractivity contribution in [2.24, 2.45) is 0 Å². The van der Waals surface area contributed by atoms with Crippen LogP contribution >= 0.6 is 0 Å². The van der Waals surface area contributed by atoms with Crippen LogP contribution in [-0.4, -0.2) is 34.2 Å². The summed E-state index contributed by atoms with van der Waals surface area (Å²) in [5.74, 6) is -0.0521. The summed E-state index contributed by atoms with van der Waals surface area (Å²) in [5, 5.41) is 12.5. The second kappa shape index (κ2) is 7.39. The molecule has 0 saturated carbocycles. The smallest absolute Gasteiger partial charge is 0.272 e. The van der Waals surface area contributed by atoms with Crippen molar-refractivity contribution in [1.82, 2.24) is 20.1 Å². The largest absolute Gasteiger partial charge is 0.377 e. The molecule has 2 aromatic carbocycles. The highest BCUT2D eigenvalue weighted by atomic mass is 16.1. The maximum Gasteiger partial charge on any atom is 0.272 e. The number of hydrogen-bond acceptors (Lipinski definition) is 5. The Morgan fingerprint density at radius 2 is 1.80 bits per heavy atom. The van der Waals surface area contributed by atoms with Gasteiger partial charge in [0.1, 0.15) is 0 Å². The highest BCUT2D eigenvalue weighted by Gasteiger charge is 2.34. The predicted octanol–water partition coefficient (Wildman–Crippen LogP) is 3.68. The topological polar surface area (TPSA) is 73.9 Å². The van der Waals surface area contributed by atoms with Crippen LogP contribution in [0.2, 0.25) is 0 Å². The Hall–Kier alpha value is -3.51. The molecule has 5 rings (SSSR count). The second-order valence-electron chi connectivity index (χ2n) is 8.03. The van der Waals surface area contributed by atoms with Crippen LogP contribution in [0.3, 0.4) is 0 Å². The van der Waals surface area contributed by atoms with Gasteiger partial charge in [-0.15, -0.1) is 0 Å². The summed E-state index contributed by atoms with van der Waals surface area (Å²) in [6, 6.07) is 18.4. The van der Waals surface area contributed by atoms with E-state index < -0.39 is 0 Å². The van der Waals surface area contributed by atoms with Crippen molar-refractivity contribution in [1.29, 1.82) is 0 Å². The fraction of sp³-hybridized carbons (Fsp3) is 0.208. The van der Waals surface area contributed by atoms with Gasteiger partial charge in [-0.3, -0.25) is 9.78 Å². The molecular weight excluding hydrogens is 374 g/mol. The minimum absolute atomic E-state index is 0.0286. The molecule has 2 N–H and O–H groups in total. The van der Waals surface area contributed by atoms with E-state index in [1.54, 1.807) is 0 Å². The van der Waals surface area contributed by atoms with Crippen molar-refractivity contribution in [2.75, 3.05) is 19.4 Å². The van der Waals surface area contributed by atoms with E-state index in [9.17, 15) is 4.79 Å². The van der Waals surface area contributed by atoms with Gasteiger partial charge >= 0.3 is 0 Å². The summed E-state index contributed by atoms with van der Waals surface area (Å²) < 4.78 is 0. The molecule has 0 fully saturated rings. The van der Waals surface area contributed by atoms with Gasteiger partial charge in [0.15, 0.2) is 0 Å². The van der Waals surface area contributed by atoms with Crippen LogP contribution in [0, 0.1) is 0 Å². The standard InChI is InChI=1S/C24H23N5O/c1-29(2)14-15-5-3-6-17(13-15)20-22(16-9-11-25-12-10-16)26-19-8-4-7-18-21(19)23(20)27-28-24(18)30/h3-13,20,22,26H,14H2,1-2H3,(H,28,30). The zero-order chi connectivity index (χ0) is 20.7. The van der Waals surface area contributed by atoms with Gasteiger partial charge in [-0.1, -0.05) is 30.3 Å². The highest BCUT2D eigenvalue weighted by molar-refractivity contribution is 5.97. The molecule has 30 heavy (non-hydrogen) atoms. The fourth-order valence-electron chi connectivity index (χ4n) is 4.45. The Morgan fingerprint density at radius 1 is 1.00 bits per heavy atom. The average molecular weight is 397 g/mol. The van der Waals surface area contributed by atoms with Crippen molar-refractivity contribution in [3.63, 3.8) is 0 Å². The Labute approximate surface area is 174 Å². The maximum absolute atomic E-state index is 12.4. The number of aromatic nitrogens is 3. The van der Waals surface area contributed by atoms with Crippen LogP contribution in [-0.2, 0) is 6.54 Å². The molecule has 0 bridgehead atoms. The monoisotopic (exact) mass is 397 g/mol. The quantitative estimate of drug-likeness (QED) is 0.550. The van der Waals surface area contributed by atoms with Gasteiger partial charge in [0, 0.05) is 30.0 Å². The maximum atomic E-state index is 12.4. The number of hydrogen-bond donors (Lipinski definition) is 2. The first-order chi connectivity index (χ1) is 14.6. The van der Waals surface area contributed by atoms with Gasteiger partial charge in [-0.05, 0) is 55.1 Å². The number of nitrogens with zero attached hydrogens (tertiary/aromatic N) is 3. The van der Waals surface area contributed by atoms with E-state index in [2.05, 4.69) is 63.8 Å². The zero-order valence-corrected chi connectivity index (χ0v) is 17.0. The highest BCUT2D eigenvalue weighted by Crippen LogP contribution is 2.46. The van der Waals surface area contributed by atoms with E-state index in [-0.39, 0.29) is 17.5 Å². The summed E-state index contributed by atoms with van der Waals surface area (Å²) in [5.41, 5.74) is 5.19. The average Bonchev–Trinajstić information content (AvgIpc) is 2.76. The molecule has 0 radical (unpaired) electrons. The lowest BCUT2D eigenvalue weighted by atomic mass is 9.80. The molecule has 150 valence electrons. The van der Waals surface area contributed by atoms with E-state index in [1.807, 2.05) is 42.7 Å². The molecular formula is C24H23N5O. The molecule has 6 nitrogen and oxygen atoms in total. The number of benzene rings is 2. The van der Waals surface area contributed by atoms with Gasteiger partial charge in [0.2, 0.25) is 0 Å². The van der Waals surface area contributed by atoms with Crippen LogP contribution in [0.4, 0.5) is 5.69 Å². The summed E-state index contributed by atoms with van der Waals surface area (Å²) in [4.78, 5) is 18.8. The van der Waals surface area contributed by atoms with Crippen molar-refractivity contribution < 1.29 is 0 Å². The fourth-order valence-corrected chi connectivity index (χ4v) is 4.45. The van der Waals surface area contributed by atoms with Crippen molar-refractivity contribution in [3.8, 4) is 0 Å². The first kappa shape index (κ1) is 18.5. The third kappa shape index (κ3) is 3.15. The van der Waals surface area contributed by atoms with Gasteiger partial charge < -0.3 is 10.2 Å². The minimum atomic E-state index is -0.167. The third-order valence-electron chi connectivity index (χ3n) is 5.66. The Bertz CT molecular complexity index is 1270. The van der Waals surface area contributed by atoms with Gasteiger partial charge in [-0.25, -0.2) is 5.10 Å². The molecule has 0 amide bonds. The van der Waals surface area contributed by atoms with E-state index >= 15 is 0 Å². The van der Waals surface area contributed by atoms with Crippen LogP contribution in [0.5, 0.6) is 0 Å². The summed E-state index contributed by atoms with van der Waals surface area (Å²) in [6.07, 6.45) is 3.62. The molecule has 2 aromatic heterocycles. The molecule has 2 unspecified atom stereocenters. The predicted molar refractivity (Wildman–Crippen MR) is 119 cm³/mol. The molecule has 4 aromatic rings. The normalized spacial score (nSPS) is 17.8. The van der Waals surface area contributed by atoms with Crippen LogP contribution in [0.1, 0.15) is 34.3 Å². The Balaban J connectivity index is 1.75. The van der Waals surface area contributed by atoms with Gasteiger partial charge in [0.05, 0.1) is 23.0 Å². The van der Waals surface area contributed by atoms with E-state index in [1.165, 1.54) is 11.1 Å². The number of pyridine rings is 1. The lowest BCUT2D eigenvalue weighted by molar-refractivity contribution is 0.402. The Kier molecular flexibility index (Phi) is 4.56. The van der Waals surface area contributed by atoms with Crippen LogP contribution in [0.25, 0.3) is 10.8 Å². The summed E-state index contributed by atoms with van der Waals surface area (Å²) >= 11 is 0. The SMILES string of the molecule is CN(C)Cc1cccc(C2c3n[nH]c(=O)c4cccc(c34)NC2c2ccncc2)c1. The number of H-pyrrole nitrogens is 1. The first-order valence-electron chi connectivity index (χ1n) is 10.0. The molecule has 3 heterocycles. The lowest BCUT2D eigenvalue weighted by Crippen LogP contribution is -2.28. The van der Waals surface area contributed by atoms with E-state index in [4.69, 9.17) is 0 Å². The van der Waals surface area contributed by atoms with Crippen LogP contribution < -0.4 is 10.9 Å². The molecule has 6 heteroatoms. The minimum Gasteiger partial charge on any atom is -0.377 e. The number of anilines is 1. The summed E-state index contributed by atoms with van der Waals surface area (Å²) in [6.45, 7) is 0.860. The molecule has 2 atom stereocenters. The van der Waals surface area contributed by atoms with E-state index in [0.29, 0.717) is 5.39 Å². The summed E-state index contributed by atoms with van der Waals surface area (Å²) in [7, 11) is 4.13. The van der Waals surface area contributed by atoms with Crippen LogP contribution in [0.15, 0.2) is 71.8 Å². The van der Waals surface area contributed by atoms with Gasteiger partial charge in [-0.2, -0.15) is 5.10 Å². The molecule has 0 aliphatic carbocycles. The zero-order valence-electron chi connectivity index (χ0n) is 17.0. The number of rotatable bonds is 4. The van der Waals surface area contributed by atoms with E-state index in [0.717, 1.165) is 28.9 Å². The second-order valence-corrected chi connectivity index (χ2v) is 8.03. The molecule has 0 spiro atoms. The van der Waals surface area contributed by atoms with Crippen molar-refractivity contribution in [2.45, 2.75) is 18.5 Å².